The van der Waals surface area contributed by atoms with Crippen LogP contribution >= 0.6 is 11.6 Å². The predicted molar refractivity (Wildman–Crippen MR) is 47.4 cm³/mol. The summed E-state index contributed by atoms with van der Waals surface area (Å²) in [7, 11) is 0. The van der Waals surface area contributed by atoms with Crippen molar-refractivity contribution >= 4 is 11.6 Å². The minimum absolute atomic E-state index is 0.0800. The molecule has 1 unspecified atom stereocenters. The molecule has 0 aromatic heterocycles. The summed E-state index contributed by atoms with van der Waals surface area (Å²) >= 11 is 5.54. The van der Waals surface area contributed by atoms with Gasteiger partial charge in [-0.15, -0.1) is 0 Å². The highest BCUT2D eigenvalue weighted by Gasteiger charge is 2.11. The van der Waals surface area contributed by atoms with Crippen molar-refractivity contribution in [3.05, 3.63) is 34.6 Å². The molecule has 1 rings (SSSR count). The maximum Gasteiger partial charge on any atom is 0.146 e. The Balaban J connectivity index is 3.07. The smallest absolute Gasteiger partial charge is 0.146 e. The van der Waals surface area contributed by atoms with Gasteiger partial charge >= 0.3 is 0 Å². The van der Waals surface area contributed by atoms with E-state index in [2.05, 4.69) is 0 Å². The molecule has 0 saturated carbocycles. The lowest BCUT2D eigenvalue weighted by Crippen LogP contribution is -2.21. The lowest BCUT2D eigenvalue weighted by Gasteiger charge is -2.10. The average Bonchev–Trinajstić information content (AvgIpc) is 2.08. The maximum absolute atomic E-state index is 13.2. The second-order valence-electron chi connectivity index (χ2n) is 2.49. The van der Waals surface area contributed by atoms with E-state index in [1.54, 1.807) is 12.1 Å². The Labute approximate surface area is 75.3 Å². The highest BCUT2D eigenvalue weighted by Crippen LogP contribution is 2.21. The largest absolute Gasteiger partial charge is 0.329 e. The molecule has 0 bridgehead atoms. The highest BCUT2D eigenvalue weighted by molar-refractivity contribution is 6.30. The number of benzene rings is 1. The first-order chi connectivity index (χ1) is 5.66. The molecule has 0 saturated heterocycles. The van der Waals surface area contributed by atoms with Crippen molar-refractivity contribution in [2.45, 2.75) is 6.04 Å². The fourth-order valence-electron chi connectivity index (χ4n) is 0.934. The third kappa shape index (κ3) is 1.75. The Kier molecular flexibility index (Phi) is 3.03. The molecular formula is C8H10ClFN2. The maximum atomic E-state index is 13.2. The molecule has 1 atom stereocenters. The lowest BCUT2D eigenvalue weighted by atomic mass is 10.1. The van der Waals surface area contributed by atoms with Crippen LogP contribution in [0.25, 0.3) is 0 Å². The molecule has 0 fully saturated rings. The molecule has 66 valence electrons. The minimum Gasteiger partial charge on any atom is -0.329 e. The molecule has 4 N–H and O–H groups in total. The zero-order valence-electron chi connectivity index (χ0n) is 6.43. The van der Waals surface area contributed by atoms with Gasteiger partial charge in [-0.3, -0.25) is 0 Å². The zero-order chi connectivity index (χ0) is 9.14. The van der Waals surface area contributed by atoms with Gasteiger partial charge < -0.3 is 11.5 Å². The van der Waals surface area contributed by atoms with Gasteiger partial charge in [0.15, 0.2) is 0 Å². The Morgan fingerprint density at radius 2 is 2.17 bits per heavy atom. The summed E-state index contributed by atoms with van der Waals surface area (Å²) in [5.74, 6) is -0.475. The van der Waals surface area contributed by atoms with Crippen molar-refractivity contribution in [1.29, 1.82) is 0 Å². The monoisotopic (exact) mass is 188 g/mol. The summed E-state index contributed by atoms with van der Waals surface area (Å²) in [4.78, 5) is 0. The van der Waals surface area contributed by atoms with Crippen LogP contribution in [0.15, 0.2) is 18.2 Å². The van der Waals surface area contributed by atoms with E-state index in [-0.39, 0.29) is 11.6 Å². The number of hydrogen-bond acceptors (Lipinski definition) is 2. The molecular weight excluding hydrogens is 179 g/mol. The molecule has 2 nitrogen and oxygen atoms in total. The minimum atomic E-state index is -0.483. The van der Waals surface area contributed by atoms with Crippen molar-refractivity contribution in [3.8, 4) is 0 Å². The van der Waals surface area contributed by atoms with Gasteiger partial charge in [-0.25, -0.2) is 4.39 Å². The Hall–Kier alpha value is -0.640. The van der Waals surface area contributed by atoms with Gasteiger partial charge in [-0.2, -0.15) is 0 Å². The van der Waals surface area contributed by atoms with Gasteiger partial charge in [-0.05, 0) is 6.07 Å². The molecule has 4 heteroatoms. The lowest BCUT2D eigenvalue weighted by molar-refractivity contribution is 0.584. The second kappa shape index (κ2) is 3.85. The van der Waals surface area contributed by atoms with Crippen LogP contribution < -0.4 is 11.5 Å². The van der Waals surface area contributed by atoms with Crippen LogP contribution in [0.4, 0.5) is 4.39 Å². The van der Waals surface area contributed by atoms with Crippen LogP contribution in [-0.4, -0.2) is 6.54 Å². The van der Waals surface area contributed by atoms with Gasteiger partial charge in [-0.1, -0.05) is 23.7 Å². The number of rotatable bonds is 2. The van der Waals surface area contributed by atoms with Gasteiger partial charge in [0, 0.05) is 18.2 Å². The molecule has 0 amide bonds. The number of hydrogen-bond donors (Lipinski definition) is 2. The number of halogens is 2. The fourth-order valence-corrected chi connectivity index (χ4v) is 1.12. The van der Waals surface area contributed by atoms with Crippen LogP contribution in [0.3, 0.4) is 0 Å². The normalized spacial score (nSPS) is 13.0. The Morgan fingerprint density at radius 1 is 1.50 bits per heavy atom. The van der Waals surface area contributed by atoms with E-state index in [0.29, 0.717) is 5.56 Å². The van der Waals surface area contributed by atoms with Crippen LogP contribution in [0, 0.1) is 5.82 Å². The van der Waals surface area contributed by atoms with Crippen LogP contribution in [0.2, 0.25) is 5.02 Å². The van der Waals surface area contributed by atoms with Crippen molar-refractivity contribution in [3.63, 3.8) is 0 Å². The van der Waals surface area contributed by atoms with E-state index in [4.69, 9.17) is 23.1 Å². The SMILES string of the molecule is NCC(N)c1cccc(Cl)c1F. The van der Waals surface area contributed by atoms with Crippen LogP contribution in [0.1, 0.15) is 11.6 Å². The summed E-state index contributed by atoms with van der Waals surface area (Å²) in [5, 5.41) is 0.0800. The van der Waals surface area contributed by atoms with E-state index in [0.717, 1.165) is 0 Å². The first-order valence-electron chi connectivity index (χ1n) is 3.56. The van der Waals surface area contributed by atoms with Crippen molar-refractivity contribution in [2.75, 3.05) is 6.54 Å². The quantitative estimate of drug-likeness (QED) is 0.738. The van der Waals surface area contributed by atoms with E-state index >= 15 is 0 Å². The molecule has 0 radical (unpaired) electrons. The first kappa shape index (κ1) is 9.45. The molecule has 1 aromatic rings. The van der Waals surface area contributed by atoms with Gasteiger partial charge in [0.05, 0.1) is 5.02 Å². The van der Waals surface area contributed by atoms with E-state index in [1.165, 1.54) is 6.07 Å². The summed E-state index contributed by atoms with van der Waals surface area (Å²) in [6.45, 7) is 0.206. The molecule has 1 aromatic carbocycles. The Morgan fingerprint density at radius 3 is 2.75 bits per heavy atom. The third-order valence-corrected chi connectivity index (χ3v) is 1.93. The van der Waals surface area contributed by atoms with E-state index in [9.17, 15) is 4.39 Å². The second-order valence-corrected chi connectivity index (χ2v) is 2.89. The Bertz CT molecular complexity index is 278. The van der Waals surface area contributed by atoms with Crippen molar-refractivity contribution < 1.29 is 4.39 Å². The van der Waals surface area contributed by atoms with Crippen LogP contribution in [0.5, 0.6) is 0 Å². The molecule has 0 aliphatic heterocycles. The highest BCUT2D eigenvalue weighted by atomic mass is 35.5. The first-order valence-corrected chi connectivity index (χ1v) is 3.94. The predicted octanol–water partition coefficient (Wildman–Crippen LogP) is 1.44. The van der Waals surface area contributed by atoms with Gasteiger partial charge in [0.1, 0.15) is 5.82 Å². The molecule has 0 heterocycles. The van der Waals surface area contributed by atoms with E-state index in [1.807, 2.05) is 0 Å². The van der Waals surface area contributed by atoms with Gasteiger partial charge in [0.25, 0.3) is 0 Å². The molecule has 0 aliphatic carbocycles. The fraction of sp³-hybridized carbons (Fsp3) is 0.250. The zero-order valence-corrected chi connectivity index (χ0v) is 7.18. The summed E-state index contributed by atoms with van der Waals surface area (Å²) in [6.07, 6.45) is 0. The van der Waals surface area contributed by atoms with Crippen molar-refractivity contribution in [2.24, 2.45) is 11.5 Å². The topological polar surface area (TPSA) is 52.0 Å². The van der Waals surface area contributed by atoms with Crippen LogP contribution in [-0.2, 0) is 0 Å². The molecule has 0 aliphatic rings. The number of nitrogens with two attached hydrogens (primary N) is 2. The third-order valence-electron chi connectivity index (χ3n) is 1.63. The van der Waals surface area contributed by atoms with Gasteiger partial charge in [0.2, 0.25) is 0 Å². The summed E-state index contributed by atoms with van der Waals surface area (Å²) in [6, 6.07) is 4.22. The van der Waals surface area contributed by atoms with Crippen molar-refractivity contribution in [1.82, 2.24) is 0 Å². The molecule has 0 spiro atoms. The standard InChI is InChI=1S/C8H10ClFN2/c9-6-3-1-2-5(8(6)10)7(12)4-11/h1-3,7H,4,11-12H2. The average molecular weight is 189 g/mol. The molecule has 12 heavy (non-hydrogen) atoms. The van der Waals surface area contributed by atoms with E-state index < -0.39 is 11.9 Å². The summed E-state index contributed by atoms with van der Waals surface area (Å²) in [5.41, 5.74) is 11.2. The summed E-state index contributed by atoms with van der Waals surface area (Å²) < 4.78 is 13.2.